The third kappa shape index (κ3) is 6.56. The number of nitriles is 1. The van der Waals surface area contributed by atoms with E-state index in [1.807, 2.05) is 30.3 Å². The molecular formula is C25H18ClN7O2S. The third-order valence-corrected chi connectivity index (χ3v) is 5.71. The van der Waals surface area contributed by atoms with E-state index >= 15 is 0 Å². The molecule has 9 nitrogen and oxygen atoms in total. The SMILES string of the molecule is N#Cc1c(Nc2cccc(Cl)c2)nc(SCC(=O)NC(=O)Nc2ccccn2)nc1-c1ccccc1. The van der Waals surface area contributed by atoms with Crippen molar-refractivity contribution in [2.75, 3.05) is 16.4 Å². The van der Waals surface area contributed by atoms with Crippen LogP contribution in [-0.2, 0) is 4.79 Å². The second-order valence-corrected chi connectivity index (χ2v) is 8.58. The molecule has 2 heterocycles. The molecule has 0 aliphatic rings. The molecule has 36 heavy (non-hydrogen) atoms. The van der Waals surface area contributed by atoms with Crippen LogP contribution in [0.15, 0.2) is 84.1 Å². The number of hydrogen-bond donors (Lipinski definition) is 3. The highest BCUT2D eigenvalue weighted by Crippen LogP contribution is 2.31. The molecule has 0 radical (unpaired) electrons. The van der Waals surface area contributed by atoms with Crippen molar-refractivity contribution >= 4 is 52.6 Å². The van der Waals surface area contributed by atoms with Crippen LogP contribution in [0.1, 0.15) is 5.56 Å². The maximum atomic E-state index is 12.4. The zero-order valence-corrected chi connectivity index (χ0v) is 20.2. The summed E-state index contributed by atoms with van der Waals surface area (Å²) in [5.41, 5.74) is 2.00. The minimum absolute atomic E-state index is 0.133. The van der Waals surface area contributed by atoms with Crippen molar-refractivity contribution in [1.29, 1.82) is 5.26 Å². The predicted molar refractivity (Wildman–Crippen MR) is 139 cm³/mol. The molecule has 3 N–H and O–H groups in total. The van der Waals surface area contributed by atoms with Crippen LogP contribution in [0.2, 0.25) is 5.02 Å². The molecule has 3 amide bonds. The fourth-order valence-corrected chi connectivity index (χ4v) is 3.92. The summed E-state index contributed by atoms with van der Waals surface area (Å²) in [6.45, 7) is 0. The van der Waals surface area contributed by atoms with Crippen molar-refractivity contribution < 1.29 is 9.59 Å². The number of imide groups is 1. The van der Waals surface area contributed by atoms with Gasteiger partial charge in [0.25, 0.3) is 0 Å². The van der Waals surface area contributed by atoms with Gasteiger partial charge in [0.2, 0.25) is 5.91 Å². The Bertz CT molecular complexity index is 1430. The van der Waals surface area contributed by atoms with Crippen LogP contribution in [0.25, 0.3) is 11.3 Å². The summed E-state index contributed by atoms with van der Waals surface area (Å²) < 4.78 is 0. The van der Waals surface area contributed by atoms with E-state index in [-0.39, 0.29) is 22.3 Å². The van der Waals surface area contributed by atoms with Crippen molar-refractivity contribution in [2.45, 2.75) is 5.16 Å². The number of amides is 3. The number of halogens is 1. The second-order valence-electron chi connectivity index (χ2n) is 7.20. The standard InChI is InChI=1S/C25H18ClN7O2S/c26-17-9-6-10-18(13-17)29-23-19(14-27)22(16-7-2-1-3-8-16)32-25(33-23)36-15-21(34)31-24(35)30-20-11-4-5-12-28-20/h1-13H,15H2,(H,29,32,33)(H2,28,30,31,34,35). The number of thioether (sulfide) groups is 1. The van der Waals surface area contributed by atoms with Crippen molar-refractivity contribution in [3.8, 4) is 17.3 Å². The number of urea groups is 1. The molecule has 178 valence electrons. The molecule has 0 bridgehead atoms. The zero-order chi connectivity index (χ0) is 25.3. The minimum Gasteiger partial charge on any atom is -0.339 e. The number of hydrogen-bond acceptors (Lipinski definition) is 8. The predicted octanol–water partition coefficient (Wildman–Crippen LogP) is 5.25. The zero-order valence-electron chi connectivity index (χ0n) is 18.6. The first-order valence-corrected chi connectivity index (χ1v) is 11.9. The van der Waals surface area contributed by atoms with E-state index < -0.39 is 11.9 Å². The van der Waals surface area contributed by atoms with Crippen LogP contribution in [0.5, 0.6) is 0 Å². The Morgan fingerprint density at radius 3 is 2.53 bits per heavy atom. The lowest BCUT2D eigenvalue weighted by molar-refractivity contribution is -0.117. The van der Waals surface area contributed by atoms with Crippen molar-refractivity contribution in [3.63, 3.8) is 0 Å². The molecule has 0 unspecified atom stereocenters. The number of nitrogens with zero attached hydrogens (tertiary/aromatic N) is 4. The molecule has 0 saturated carbocycles. The normalized spacial score (nSPS) is 10.2. The number of carbonyl (C=O) groups is 2. The Balaban J connectivity index is 1.55. The number of rotatable bonds is 7. The third-order valence-electron chi connectivity index (χ3n) is 4.63. The molecule has 11 heteroatoms. The molecule has 4 rings (SSSR count). The van der Waals surface area contributed by atoms with E-state index in [0.717, 1.165) is 11.8 Å². The van der Waals surface area contributed by atoms with Gasteiger partial charge in [-0.1, -0.05) is 65.8 Å². The number of nitrogens with one attached hydrogen (secondary N) is 3. The van der Waals surface area contributed by atoms with Crippen LogP contribution in [0.4, 0.5) is 22.1 Å². The second kappa shape index (κ2) is 11.8. The smallest absolute Gasteiger partial charge is 0.327 e. The summed E-state index contributed by atoms with van der Waals surface area (Å²) in [4.78, 5) is 37.4. The van der Waals surface area contributed by atoms with Gasteiger partial charge in [-0.3, -0.25) is 15.4 Å². The minimum atomic E-state index is -0.701. The van der Waals surface area contributed by atoms with Crippen molar-refractivity contribution in [2.24, 2.45) is 0 Å². The molecule has 4 aromatic rings. The van der Waals surface area contributed by atoms with E-state index in [0.29, 0.717) is 27.8 Å². The number of benzene rings is 2. The van der Waals surface area contributed by atoms with Crippen LogP contribution in [0.3, 0.4) is 0 Å². The van der Waals surface area contributed by atoms with Crippen molar-refractivity contribution in [3.05, 3.63) is 89.6 Å². The van der Waals surface area contributed by atoms with Crippen molar-refractivity contribution in [1.82, 2.24) is 20.3 Å². The van der Waals surface area contributed by atoms with Gasteiger partial charge in [-0.05, 0) is 30.3 Å². The highest BCUT2D eigenvalue weighted by Gasteiger charge is 2.18. The van der Waals surface area contributed by atoms with Gasteiger partial charge in [-0.2, -0.15) is 5.26 Å². The van der Waals surface area contributed by atoms with E-state index in [9.17, 15) is 14.9 Å². The Hall–Kier alpha value is -4.46. The molecule has 0 fully saturated rings. The first kappa shape index (κ1) is 24.7. The number of aromatic nitrogens is 3. The fraction of sp³-hybridized carbons (Fsp3) is 0.0400. The molecule has 2 aromatic heterocycles. The Kier molecular flexibility index (Phi) is 8.08. The van der Waals surface area contributed by atoms with E-state index in [4.69, 9.17) is 11.6 Å². The molecular weight excluding hydrogens is 498 g/mol. The summed E-state index contributed by atoms with van der Waals surface area (Å²) in [7, 11) is 0. The quantitative estimate of drug-likeness (QED) is 0.224. The molecule has 0 atom stereocenters. The monoisotopic (exact) mass is 515 g/mol. The average molecular weight is 516 g/mol. The van der Waals surface area contributed by atoms with Gasteiger partial charge in [-0.15, -0.1) is 0 Å². The first-order chi connectivity index (χ1) is 17.5. The van der Waals surface area contributed by atoms with E-state index in [1.165, 1.54) is 6.20 Å². The molecule has 0 aliphatic carbocycles. The number of pyridine rings is 1. The van der Waals surface area contributed by atoms with E-state index in [1.54, 1.807) is 42.5 Å². The van der Waals surface area contributed by atoms with Crippen LogP contribution < -0.4 is 16.0 Å². The molecule has 0 saturated heterocycles. The van der Waals surface area contributed by atoms with Gasteiger partial charge in [0.05, 0.1) is 11.4 Å². The lowest BCUT2D eigenvalue weighted by Gasteiger charge is -2.13. The first-order valence-electron chi connectivity index (χ1n) is 10.6. The van der Waals surface area contributed by atoms with Gasteiger partial charge in [0.15, 0.2) is 11.0 Å². The average Bonchev–Trinajstić information content (AvgIpc) is 2.88. The van der Waals surface area contributed by atoms with E-state index in [2.05, 4.69) is 37.0 Å². The lowest BCUT2D eigenvalue weighted by Crippen LogP contribution is -2.35. The number of anilines is 3. The van der Waals surface area contributed by atoms with Gasteiger partial charge >= 0.3 is 6.03 Å². The topological polar surface area (TPSA) is 133 Å². The Morgan fingerprint density at radius 1 is 1.00 bits per heavy atom. The summed E-state index contributed by atoms with van der Waals surface area (Å²) in [5.74, 6) is -0.0987. The van der Waals surface area contributed by atoms with Crippen LogP contribution >= 0.6 is 23.4 Å². The van der Waals surface area contributed by atoms with Gasteiger partial charge in [0, 0.05) is 22.5 Å². The Morgan fingerprint density at radius 2 is 1.81 bits per heavy atom. The highest BCUT2D eigenvalue weighted by atomic mass is 35.5. The highest BCUT2D eigenvalue weighted by molar-refractivity contribution is 7.99. The largest absolute Gasteiger partial charge is 0.339 e. The Labute approximate surface area is 216 Å². The van der Waals surface area contributed by atoms with Crippen LogP contribution in [0, 0.1) is 11.3 Å². The number of carbonyl (C=O) groups excluding carboxylic acids is 2. The van der Waals surface area contributed by atoms with Gasteiger partial charge in [0.1, 0.15) is 17.5 Å². The summed E-state index contributed by atoms with van der Waals surface area (Å²) in [6, 6.07) is 22.7. The maximum Gasteiger partial charge on any atom is 0.327 e. The van der Waals surface area contributed by atoms with Crippen LogP contribution in [-0.4, -0.2) is 32.6 Å². The summed E-state index contributed by atoms with van der Waals surface area (Å²) >= 11 is 7.12. The molecule has 0 aliphatic heterocycles. The summed E-state index contributed by atoms with van der Waals surface area (Å²) in [5, 5.41) is 18.5. The van der Waals surface area contributed by atoms with Gasteiger partial charge < -0.3 is 5.32 Å². The summed E-state index contributed by atoms with van der Waals surface area (Å²) in [6.07, 6.45) is 1.52. The fourth-order valence-electron chi connectivity index (χ4n) is 3.09. The molecule has 2 aromatic carbocycles. The maximum absolute atomic E-state index is 12.4. The molecule has 0 spiro atoms. The lowest BCUT2D eigenvalue weighted by atomic mass is 10.1. The van der Waals surface area contributed by atoms with Gasteiger partial charge in [-0.25, -0.2) is 19.7 Å².